The molecule has 0 bridgehead atoms. The number of hydrogen-bond acceptors (Lipinski definition) is 3. The van der Waals surface area contributed by atoms with Crippen molar-refractivity contribution >= 4 is 25.3 Å². The monoisotopic (exact) mass is 217 g/mol. The van der Waals surface area contributed by atoms with E-state index in [0.29, 0.717) is 11.2 Å². The summed E-state index contributed by atoms with van der Waals surface area (Å²) in [6.45, 7) is 0. The summed E-state index contributed by atoms with van der Waals surface area (Å²) in [5.74, 6) is 0. The molecule has 1 aromatic rings. The fourth-order valence-corrected chi connectivity index (χ4v) is 2.82. The fourth-order valence-electron chi connectivity index (χ4n) is 0.815. The third-order valence-electron chi connectivity index (χ3n) is 1.48. The molecule has 0 amide bonds. The van der Waals surface area contributed by atoms with Crippen LogP contribution < -0.4 is 5.73 Å². The molecule has 0 spiro atoms. The molecule has 0 aromatic heterocycles. The zero-order valence-electron chi connectivity index (χ0n) is 7.32. The molecule has 0 heterocycles. The molecule has 2 atom stereocenters. The van der Waals surface area contributed by atoms with Crippen LogP contribution in [0.1, 0.15) is 0 Å². The Morgan fingerprint density at radius 3 is 2.62 bits per heavy atom. The SMILES string of the molecule is COPCS(=O)c1ccc(N)cc1. The van der Waals surface area contributed by atoms with E-state index in [-0.39, 0.29) is 8.81 Å². The summed E-state index contributed by atoms with van der Waals surface area (Å²) in [7, 11) is 0.937. The average molecular weight is 217 g/mol. The average Bonchev–Trinajstić information content (AvgIpc) is 2.15. The molecule has 5 heteroatoms. The van der Waals surface area contributed by atoms with Gasteiger partial charge in [-0.25, -0.2) is 0 Å². The lowest BCUT2D eigenvalue weighted by molar-refractivity contribution is 0.478. The minimum Gasteiger partial charge on any atom is -0.399 e. The summed E-state index contributed by atoms with van der Waals surface area (Å²) in [5, 5.41) is 0. The van der Waals surface area contributed by atoms with Crippen LogP contribution in [-0.4, -0.2) is 16.8 Å². The van der Waals surface area contributed by atoms with Gasteiger partial charge in [0.05, 0.1) is 16.3 Å². The molecular formula is C8H12NO2PS. The second kappa shape index (κ2) is 5.32. The van der Waals surface area contributed by atoms with E-state index in [0.717, 1.165) is 4.90 Å². The van der Waals surface area contributed by atoms with E-state index in [1.165, 1.54) is 0 Å². The van der Waals surface area contributed by atoms with Crippen molar-refractivity contribution in [2.75, 3.05) is 18.3 Å². The Bertz CT molecular complexity index is 289. The Balaban J connectivity index is 2.61. The molecule has 2 unspecified atom stereocenters. The first-order valence-electron chi connectivity index (χ1n) is 3.74. The first kappa shape index (κ1) is 10.6. The highest BCUT2D eigenvalue weighted by Gasteiger charge is 2.02. The van der Waals surface area contributed by atoms with Gasteiger partial charge in [-0.2, -0.15) is 0 Å². The second-order valence-corrected chi connectivity index (χ2v) is 5.42. The van der Waals surface area contributed by atoms with Crippen LogP contribution in [0.5, 0.6) is 0 Å². The lowest BCUT2D eigenvalue weighted by atomic mass is 10.3. The quantitative estimate of drug-likeness (QED) is 0.615. The predicted molar refractivity (Wildman–Crippen MR) is 57.5 cm³/mol. The zero-order valence-corrected chi connectivity index (χ0v) is 9.14. The summed E-state index contributed by atoms with van der Waals surface area (Å²) < 4.78 is 16.4. The van der Waals surface area contributed by atoms with Crippen LogP contribution in [0.15, 0.2) is 29.2 Å². The van der Waals surface area contributed by atoms with Crippen molar-refractivity contribution in [2.45, 2.75) is 4.90 Å². The number of nitrogens with two attached hydrogens (primary N) is 1. The van der Waals surface area contributed by atoms with Gasteiger partial charge in [0.1, 0.15) is 0 Å². The lowest BCUT2D eigenvalue weighted by Crippen LogP contribution is -1.94. The van der Waals surface area contributed by atoms with Crippen molar-refractivity contribution in [1.29, 1.82) is 0 Å². The third-order valence-corrected chi connectivity index (χ3v) is 4.08. The van der Waals surface area contributed by atoms with E-state index in [1.54, 1.807) is 31.4 Å². The molecule has 1 aromatic carbocycles. The largest absolute Gasteiger partial charge is 0.399 e. The maximum atomic E-state index is 11.5. The van der Waals surface area contributed by atoms with Crippen LogP contribution in [0.4, 0.5) is 5.69 Å². The molecule has 13 heavy (non-hydrogen) atoms. The van der Waals surface area contributed by atoms with Crippen molar-refractivity contribution in [2.24, 2.45) is 0 Å². The molecule has 0 saturated heterocycles. The third kappa shape index (κ3) is 3.43. The molecule has 0 radical (unpaired) electrons. The number of nitrogen functional groups attached to an aromatic ring is 1. The molecule has 0 fully saturated rings. The van der Waals surface area contributed by atoms with Crippen LogP contribution in [0.25, 0.3) is 0 Å². The topological polar surface area (TPSA) is 52.3 Å². The van der Waals surface area contributed by atoms with Gasteiger partial charge in [0.25, 0.3) is 0 Å². The van der Waals surface area contributed by atoms with E-state index in [9.17, 15) is 4.21 Å². The molecule has 0 saturated carbocycles. The second-order valence-electron chi connectivity index (χ2n) is 2.41. The molecule has 0 aliphatic heterocycles. The normalized spacial score (nSPS) is 13.6. The summed E-state index contributed by atoms with van der Waals surface area (Å²) in [4.78, 5) is 0.804. The van der Waals surface area contributed by atoms with Gasteiger partial charge in [0.2, 0.25) is 0 Å². The van der Waals surface area contributed by atoms with Crippen molar-refractivity contribution < 1.29 is 8.73 Å². The van der Waals surface area contributed by atoms with Crippen molar-refractivity contribution in [3.05, 3.63) is 24.3 Å². The van der Waals surface area contributed by atoms with Gasteiger partial charge < -0.3 is 10.3 Å². The molecular weight excluding hydrogens is 205 g/mol. The van der Waals surface area contributed by atoms with Gasteiger partial charge in [0, 0.05) is 26.5 Å². The van der Waals surface area contributed by atoms with E-state index >= 15 is 0 Å². The van der Waals surface area contributed by atoms with Crippen molar-refractivity contribution in [3.8, 4) is 0 Å². The first-order valence-corrected chi connectivity index (χ1v) is 6.17. The fraction of sp³-hybridized carbons (Fsp3) is 0.250. The van der Waals surface area contributed by atoms with Crippen LogP contribution in [0.3, 0.4) is 0 Å². The summed E-state index contributed by atoms with van der Waals surface area (Å²) in [6, 6.07) is 7.07. The Kier molecular flexibility index (Phi) is 4.36. The number of rotatable bonds is 4. The van der Waals surface area contributed by atoms with E-state index in [2.05, 4.69) is 0 Å². The van der Waals surface area contributed by atoms with E-state index < -0.39 is 10.8 Å². The van der Waals surface area contributed by atoms with Crippen LogP contribution >= 0.6 is 8.81 Å². The van der Waals surface area contributed by atoms with Gasteiger partial charge >= 0.3 is 0 Å². The zero-order chi connectivity index (χ0) is 9.68. The Morgan fingerprint density at radius 1 is 1.46 bits per heavy atom. The predicted octanol–water partition coefficient (Wildman–Crippen LogP) is 1.57. The summed E-state index contributed by atoms with van der Waals surface area (Å²) in [6.07, 6.45) is 0. The number of anilines is 1. The standard InChI is InChI=1S/C8H12NO2PS/c1-11-12-6-13(10)8-4-2-7(9)3-5-8/h2-5,12H,6,9H2,1H3. The number of benzene rings is 1. The maximum Gasteiger partial charge on any atom is 0.0699 e. The van der Waals surface area contributed by atoms with Gasteiger partial charge in [-0.3, -0.25) is 4.21 Å². The van der Waals surface area contributed by atoms with Gasteiger partial charge in [-0.05, 0) is 24.3 Å². The Morgan fingerprint density at radius 2 is 2.08 bits per heavy atom. The minimum atomic E-state index is -0.960. The van der Waals surface area contributed by atoms with Crippen LogP contribution in [0, 0.1) is 0 Å². The minimum absolute atomic E-state index is 0.287. The van der Waals surface area contributed by atoms with Gasteiger partial charge in [-0.15, -0.1) is 0 Å². The summed E-state index contributed by atoms with van der Waals surface area (Å²) in [5.41, 5.74) is 6.75. The lowest BCUT2D eigenvalue weighted by Gasteiger charge is -2.01. The van der Waals surface area contributed by atoms with E-state index in [4.69, 9.17) is 10.3 Å². The molecule has 1 rings (SSSR count). The highest BCUT2D eigenvalue weighted by atomic mass is 32.2. The molecule has 3 nitrogen and oxygen atoms in total. The maximum absolute atomic E-state index is 11.5. The molecule has 72 valence electrons. The summed E-state index contributed by atoms with van der Waals surface area (Å²) >= 11 is 0. The first-order chi connectivity index (χ1) is 6.24. The van der Waals surface area contributed by atoms with Crippen LogP contribution in [0.2, 0.25) is 0 Å². The van der Waals surface area contributed by atoms with Crippen molar-refractivity contribution in [1.82, 2.24) is 0 Å². The molecule has 0 aliphatic carbocycles. The Labute approximate surface area is 82.0 Å². The van der Waals surface area contributed by atoms with Gasteiger partial charge in [0.15, 0.2) is 0 Å². The highest BCUT2D eigenvalue weighted by molar-refractivity contribution is 7.89. The highest BCUT2D eigenvalue weighted by Crippen LogP contribution is 2.17. The molecule has 0 aliphatic rings. The molecule has 2 N–H and O–H groups in total. The Hall–Kier alpha value is -0.440. The smallest absolute Gasteiger partial charge is 0.0699 e. The van der Waals surface area contributed by atoms with E-state index in [1.807, 2.05) is 0 Å². The van der Waals surface area contributed by atoms with Gasteiger partial charge in [-0.1, -0.05) is 0 Å². The van der Waals surface area contributed by atoms with Crippen molar-refractivity contribution in [3.63, 3.8) is 0 Å². The van der Waals surface area contributed by atoms with Crippen LogP contribution in [-0.2, 0) is 15.3 Å². The number of hydrogen-bond donors (Lipinski definition) is 1.